The number of aromatic nitrogens is 2. The number of carbonyl (C=O) groups is 1. The summed E-state index contributed by atoms with van der Waals surface area (Å²) >= 11 is 11.9. The van der Waals surface area contributed by atoms with Gasteiger partial charge in [0.25, 0.3) is 5.92 Å². The molecule has 0 radical (unpaired) electrons. The van der Waals surface area contributed by atoms with Gasteiger partial charge in [-0.1, -0.05) is 23.2 Å². The number of carboxylic acid groups (broad SMARTS) is 1. The van der Waals surface area contributed by atoms with Crippen molar-refractivity contribution in [3.05, 3.63) is 39.0 Å². The van der Waals surface area contributed by atoms with Gasteiger partial charge in [-0.05, 0) is 26.2 Å². The molecule has 2 aromatic rings. The first kappa shape index (κ1) is 31.7. The van der Waals surface area contributed by atoms with Crippen LogP contribution in [0.5, 0.6) is 0 Å². The summed E-state index contributed by atoms with van der Waals surface area (Å²) in [6, 6.07) is 1.94. The fourth-order valence-electron chi connectivity index (χ4n) is 3.82. The Kier molecular flexibility index (Phi) is 8.51. The minimum Gasteiger partial charge on any atom is -0.465 e. The van der Waals surface area contributed by atoms with Crippen LogP contribution in [0, 0.1) is 11.3 Å². The van der Waals surface area contributed by atoms with Crippen molar-refractivity contribution in [1.29, 1.82) is 5.26 Å². The summed E-state index contributed by atoms with van der Waals surface area (Å²) in [6.07, 6.45) is -14.4. The topological polar surface area (TPSA) is 85.4 Å². The van der Waals surface area contributed by atoms with Gasteiger partial charge in [0.2, 0.25) is 0 Å². The van der Waals surface area contributed by atoms with Crippen LogP contribution in [0.1, 0.15) is 23.2 Å². The van der Waals surface area contributed by atoms with E-state index in [-0.39, 0.29) is 28.5 Å². The van der Waals surface area contributed by atoms with E-state index in [0.717, 1.165) is 0 Å². The van der Waals surface area contributed by atoms with Gasteiger partial charge in [-0.25, -0.2) is 18.3 Å². The smallest absolute Gasteiger partial charge is 0.416 e. The average molecular weight is 617 g/mol. The Morgan fingerprint density at radius 3 is 2.00 bits per heavy atom. The molecule has 18 heteroatoms. The maximum Gasteiger partial charge on any atom is 0.416 e. The summed E-state index contributed by atoms with van der Waals surface area (Å²) < 4.78 is 111. The maximum absolute atomic E-state index is 14.4. The molecule has 1 aromatic heterocycles. The number of nitrogens with zero attached hydrogens (tertiary/aromatic N) is 5. The number of nitriles is 1. The predicted molar refractivity (Wildman–Crippen MR) is 122 cm³/mol. The number of amides is 1. The molecule has 1 aliphatic carbocycles. The lowest BCUT2D eigenvalue weighted by Crippen LogP contribution is -2.41. The highest BCUT2D eigenvalue weighted by molar-refractivity contribution is 6.38. The van der Waals surface area contributed by atoms with Gasteiger partial charge >= 0.3 is 18.4 Å². The van der Waals surface area contributed by atoms with Crippen LogP contribution in [-0.4, -0.2) is 65.2 Å². The Bertz CT molecular complexity index is 1270. The highest BCUT2D eigenvalue weighted by Gasteiger charge is 2.86. The number of alkyl halides is 8. The molecule has 210 valence electrons. The molecule has 1 heterocycles. The third kappa shape index (κ3) is 5.18. The van der Waals surface area contributed by atoms with Crippen molar-refractivity contribution in [1.82, 2.24) is 14.7 Å². The SMILES string of the molecule is CN(C)CCN(C(=O)O)c1c(C2(C(F)(F)F)CC2(F)F)c(C#N)nn1-c1c(Cl)cc(C(F)(F)F)cc1Cl.Cl. The van der Waals surface area contributed by atoms with Crippen LogP contribution in [0.3, 0.4) is 0 Å². The number of halogens is 11. The van der Waals surface area contributed by atoms with Crippen molar-refractivity contribution in [2.45, 2.75) is 30.1 Å². The lowest BCUT2D eigenvalue weighted by Gasteiger charge is -2.27. The van der Waals surface area contributed by atoms with Gasteiger partial charge in [-0.2, -0.15) is 36.7 Å². The van der Waals surface area contributed by atoms with E-state index in [1.165, 1.54) is 25.1 Å². The monoisotopic (exact) mass is 615 g/mol. The van der Waals surface area contributed by atoms with Crippen LogP contribution in [0.15, 0.2) is 12.1 Å². The molecule has 1 unspecified atom stereocenters. The number of hydrogen-bond donors (Lipinski definition) is 1. The zero-order chi connectivity index (χ0) is 28.3. The second kappa shape index (κ2) is 10.2. The molecular weight excluding hydrogens is 601 g/mol. The van der Waals surface area contributed by atoms with Crippen LogP contribution < -0.4 is 4.90 Å². The van der Waals surface area contributed by atoms with E-state index in [1.807, 2.05) is 0 Å². The second-order valence-electron chi connectivity index (χ2n) is 8.38. The molecule has 0 saturated heterocycles. The molecule has 1 aromatic carbocycles. The molecule has 1 atom stereocenters. The van der Waals surface area contributed by atoms with Gasteiger partial charge in [-0.3, -0.25) is 4.90 Å². The van der Waals surface area contributed by atoms with E-state index < -0.39 is 81.1 Å². The first-order valence-electron chi connectivity index (χ1n) is 10.00. The molecule has 1 saturated carbocycles. The normalized spacial score (nSPS) is 18.6. The number of hydrogen-bond acceptors (Lipinski definition) is 4. The van der Waals surface area contributed by atoms with Crippen LogP contribution >= 0.6 is 35.6 Å². The van der Waals surface area contributed by atoms with Gasteiger partial charge in [0, 0.05) is 19.5 Å². The van der Waals surface area contributed by atoms with Crippen LogP contribution in [0.4, 0.5) is 45.7 Å². The average Bonchev–Trinajstić information content (AvgIpc) is 3.14. The van der Waals surface area contributed by atoms with E-state index in [2.05, 4.69) is 5.10 Å². The van der Waals surface area contributed by atoms with E-state index in [4.69, 9.17) is 23.2 Å². The van der Waals surface area contributed by atoms with Crippen LogP contribution in [-0.2, 0) is 11.6 Å². The lowest BCUT2D eigenvalue weighted by atomic mass is 9.93. The molecule has 0 aliphatic heterocycles. The fourth-order valence-corrected chi connectivity index (χ4v) is 4.47. The molecular formula is C20H16Cl3F8N5O2. The molecule has 38 heavy (non-hydrogen) atoms. The van der Waals surface area contributed by atoms with Crippen molar-refractivity contribution in [2.75, 3.05) is 32.1 Å². The Balaban J connectivity index is 0.00000507. The van der Waals surface area contributed by atoms with Gasteiger partial charge in [-0.15, -0.1) is 12.4 Å². The predicted octanol–water partition coefficient (Wildman–Crippen LogP) is 6.38. The Morgan fingerprint density at radius 2 is 1.66 bits per heavy atom. The third-order valence-corrected chi connectivity index (χ3v) is 6.25. The van der Waals surface area contributed by atoms with Crippen molar-refractivity contribution < 1.29 is 45.0 Å². The maximum atomic E-state index is 14.4. The number of rotatable bonds is 6. The minimum absolute atomic E-state index is 0. The standard InChI is InChI=1S/C20H15Cl2F8N5O2.ClH/c1-33(2)3-4-34(16(36)37)15-13(17(20(28,29)30)8-18(17,23)24)12(7-31)32-35(15)14-10(21)5-9(6-11(14)22)19(25,26)27;/h5-6H,3-4,8H2,1-2H3,(H,36,37);1H. The first-order valence-corrected chi connectivity index (χ1v) is 10.8. The van der Waals surface area contributed by atoms with Crippen molar-refractivity contribution >= 4 is 47.5 Å². The summed E-state index contributed by atoms with van der Waals surface area (Å²) in [5.41, 5.74) is -8.78. The quantitative estimate of drug-likeness (QED) is 0.381. The molecule has 1 N–H and O–H groups in total. The number of benzene rings is 1. The molecule has 0 bridgehead atoms. The van der Waals surface area contributed by atoms with Gasteiger partial charge in [0.05, 0.1) is 21.2 Å². The van der Waals surface area contributed by atoms with Gasteiger partial charge in [0.15, 0.2) is 11.1 Å². The highest BCUT2D eigenvalue weighted by Crippen LogP contribution is 2.71. The Labute approximate surface area is 225 Å². The van der Waals surface area contributed by atoms with Crippen molar-refractivity contribution in [2.24, 2.45) is 0 Å². The lowest BCUT2D eigenvalue weighted by molar-refractivity contribution is -0.182. The molecule has 1 aliphatic rings. The zero-order valence-corrected chi connectivity index (χ0v) is 21.4. The molecule has 1 fully saturated rings. The largest absolute Gasteiger partial charge is 0.465 e. The van der Waals surface area contributed by atoms with E-state index >= 15 is 0 Å². The second-order valence-corrected chi connectivity index (χ2v) is 9.19. The molecule has 7 nitrogen and oxygen atoms in total. The summed E-state index contributed by atoms with van der Waals surface area (Å²) in [7, 11) is 2.96. The Morgan fingerprint density at radius 1 is 1.16 bits per heavy atom. The molecule has 1 amide bonds. The summed E-state index contributed by atoms with van der Waals surface area (Å²) in [5.74, 6) is -5.59. The van der Waals surface area contributed by atoms with E-state index in [0.29, 0.717) is 12.1 Å². The van der Waals surface area contributed by atoms with E-state index in [1.54, 1.807) is 0 Å². The highest BCUT2D eigenvalue weighted by atomic mass is 35.5. The first-order chi connectivity index (χ1) is 16.8. The van der Waals surface area contributed by atoms with Crippen LogP contribution in [0.2, 0.25) is 10.0 Å². The third-order valence-electron chi connectivity index (χ3n) is 5.68. The number of likely N-dealkylation sites (N-methyl/N-ethyl adjacent to an activating group) is 1. The molecule has 3 rings (SSSR count). The van der Waals surface area contributed by atoms with Gasteiger partial charge in [0.1, 0.15) is 17.6 Å². The minimum atomic E-state index is -5.68. The van der Waals surface area contributed by atoms with Crippen molar-refractivity contribution in [3.63, 3.8) is 0 Å². The summed E-state index contributed by atoms with van der Waals surface area (Å²) in [6.45, 7) is -0.746. The van der Waals surface area contributed by atoms with Crippen molar-refractivity contribution in [3.8, 4) is 11.8 Å². The van der Waals surface area contributed by atoms with Crippen LogP contribution in [0.25, 0.3) is 5.69 Å². The zero-order valence-electron chi connectivity index (χ0n) is 19.1. The van der Waals surface area contributed by atoms with E-state index in [9.17, 15) is 50.3 Å². The summed E-state index contributed by atoms with van der Waals surface area (Å²) in [5, 5.41) is 21.2. The van der Waals surface area contributed by atoms with Gasteiger partial charge < -0.3 is 10.0 Å². The number of anilines is 1. The fraction of sp³-hybridized carbons (Fsp3) is 0.450. The summed E-state index contributed by atoms with van der Waals surface area (Å²) in [4.78, 5) is 13.8. The molecule has 0 spiro atoms. The Hall–Kier alpha value is -2.54.